The molecule has 112 valence electrons. The van der Waals surface area contributed by atoms with Gasteiger partial charge in [-0.15, -0.1) is 0 Å². The van der Waals surface area contributed by atoms with E-state index in [1.54, 1.807) is 6.92 Å². The first kappa shape index (κ1) is 15.8. The molecule has 3 N–H and O–H groups in total. The van der Waals surface area contributed by atoms with Crippen molar-refractivity contribution in [2.45, 2.75) is 30.3 Å². The van der Waals surface area contributed by atoms with E-state index in [1.165, 1.54) is 12.1 Å². The molecule has 1 saturated heterocycles. The molecule has 1 atom stereocenters. The van der Waals surface area contributed by atoms with E-state index >= 15 is 0 Å². The zero-order chi connectivity index (χ0) is 15.0. The summed E-state index contributed by atoms with van der Waals surface area (Å²) >= 11 is 3.17. The van der Waals surface area contributed by atoms with Crippen LogP contribution in [0.2, 0.25) is 0 Å². The van der Waals surface area contributed by atoms with Gasteiger partial charge in [-0.1, -0.05) is 15.9 Å². The highest BCUT2D eigenvalue weighted by Crippen LogP contribution is 2.26. The lowest BCUT2D eigenvalue weighted by Crippen LogP contribution is -2.46. The summed E-state index contributed by atoms with van der Waals surface area (Å²) in [6, 6.07) is 2.70. The third-order valence-corrected chi connectivity index (χ3v) is 5.28. The quantitative estimate of drug-likeness (QED) is 0.845. The molecule has 1 aliphatic rings. The highest BCUT2D eigenvalue weighted by atomic mass is 79.9. The lowest BCUT2D eigenvalue weighted by Gasteiger charge is -2.23. The Balaban J connectivity index is 2.41. The number of hydrogen-bond donors (Lipinski definition) is 2. The van der Waals surface area contributed by atoms with Gasteiger partial charge in [-0.2, -0.15) is 0 Å². The normalized spacial score (nSPS) is 23.2. The van der Waals surface area contributed by atoms with Crippen molar-refractivity contribution in [3.05, 3.63) is 28.0 Å². The maximum Gasteiger partial charge on any atom is 0.244 e. The van der Waals surface area contributed by atoms with Crippen LogP contribution < -0.4 is 10.5 Å². The Hall–Kier alpha value is -0.540. The van der Waals surface area contributed by atoms with Crippen LogP contribution in [0.1, 0.15) is 18.9 Å². The molecule has 0 bridgehead atoms. The van der Waals surface area contributed by atoms with E-state index in [-0.39, 0.29) is 18.7 Å². The fourth-order valence-corrected chi connectivity index (χ4v) is 4.31. The maximum atomic E-state index is 14.2. The summed E-state index contributed by atoms with van der Waals surface area (Å²) < 4.78 is 47.1. The van der Waals surface area contributed by atoms with Gasteiger partial charge in [0.2, 0.25) is 10.0 Å². The van der Waals surface area contributed by atoms with E-state index < -0.39 is 26.3 Å². The number of ether oxygens (including phenoxy) is 1. The third kappa shape index (κ3) is 3.20. The summed E-state index contributed by atoms with van der Waals surface area (Å²) in [5, 5.41) is 0. The SMILES string of the molecule is CC1(NS(=O)(=O)c2cc(Br)cc(CN)c2F)CCOC1. The van der Waals surface area contributed by atoms with E-state index in [1.807, 2.05) is 0 Å². The second kappa shape index (κ2) is 5.69. The Bertz CT molecular complexity index is 615. The average molecular weight is 367 g/mol. The van der Waals surface area contributed by atoms with Crippen molar-refractivity contribution in [1.29, 1.82) is 0 Å². The number of halogens is 2. The summed E-state index contributed by atoms with van der Waals surface area (Å²) in [5.74, 6) is -0.814. The van der Waals surface area contributed by atoms with Crippen LogP contribution in [-0.4, -0.2) is 27.2 Å². The molecule has 1 unspecified atom stereocenters. The molecular weight excluding hydrogens is 351 g/mol. The summed E-state index contributed by atoms with van der Waals surface area (Å²) in [6.07, 6.45) is 0.547. The van der Waals surface area contributed by atoms with Crippen LogP contribution in [0.25, 0.3) is 0 Å². The predicted molar refractivity (Wildman–Crippen MR) is 76.2 cm³/mol. The van der Waals surface area contributed by atoms with E-state index in [0.29, 0.717) is 17.5 Å². The van der Waals surface area contributed by atoms with Crippen LogP contribution >= 0.6 is 15.9 Å². The van der Waals surface area contributed by atoms with Gasteiger partial charge in [-0.05, 0) is 25.5 Å². The molecule has 20 heavy (non-hydrogen) atoms. The number of nitrogens with one attached hydrogen (secondary N) is 1. The van der Waals surface area contributed by atoms with Crippen LogP contribution in [-0.2, 0) is 21.3 Å². The zero-order valence-electron chi connectivity index (χ0n) is 10.9. The summed E-state index contributed by atoms with van der Waals surface area (Å²) in [7, 11) is -3.98. The first-order valence-electron chi connectivity index (χ1n) is 6.07. The minimum absolute atomic E-state index is 0.0752. The van der Waals surface area contributed by atoms with Crippen molar-refractivity contribution in [2.24, 2.45) is 5.73 Å². The fraction of sp³-hybridized carbons (Fsp3) is 0.500. The summed E-state index contributed by atoms with van der Waals surface area (Å²) in [6.45, 7) is 2.41. The minimum Gasteiger partial charge on any atom is -0.379 e. The van der Waals surface area contributed by atoms with Crippen LogP contribution in [0, 0.1) is 5.82 Å². The van der Waals surface area contributed by atoms with Gasteiger partial charge in [0, 0.05) is 23.2 Å². The Morgan fingerprint density at radius 2 is 2.25 bits per heavy atom. The van der Waals surface area contributed by atoms with Crippen LogP contribution in [0.4, 0.5) is 4.39 Å². The molecule has 1 aromatic rings. The number of rotatable bonds is 4. The van der Waals surface area contributed by atoms with Gasteiger partial charge in [0.1, 0.15) is 10.7 Å². The van der Waals surface area contributed by atoms with Gasteiger partial charge in [-0.25, -0.2) is 17.5 Å². The van der Waals surface area contributed by atoms with Crippen molar-refractivity contribution in [3.63, 3.8) is 0 Å². The molecule has 0 spiro atoms. The van der Waals surface area contributed by atoms with Gasteiger partial charge in [-0.3, -0.25) is 0 Å². The molecule has 1 aromatic carbocycles. The molecule has 0 radical (unpaired) electrons. The van der Waals surface area contributed by atoms with E-state index in [4.69, 9.17) is 10.5 Å². The van der Waals surface area contributed by atoms with Gasteiger partial charge in [0.05, 0.1) is 12.1 Å². The molecule has 1 fully saturated rings. The Morgan fingerprint density at radius 1 is 1.55 bits per heavy atom. The topological polar surface area (TPSA) is 81.4 Å². The van der Waals surface area contributed by atoms with E-state index in [9.17, 15) is 12.8 Å². The molecule has 8 heteroatoms. The van der Waals surface area contributed by atoms with Crippen molar-refractivity contribution in [1.82, 2.24) is 4.72 Å². The zero-order valence-corrected chi connectivity index (χ0v) is 13.4. The standard InChI is InChI=1S/C12H16BrFN2O3S/c1-12(2-3-19-7-12)16-20(17,18)10-5-9(13)4-8(6-15)11(10)14/h4-5,16H,2-3,6-7,15H2,1H3. The highest BCUT2D eigenvalue weighted by Gasteiger charge is 2.36. The van der Waals surface area contributed by atoms with Gasteiger partial charge < -0.3 is 10.5 Å². The molecule has 5 nitrogen and oxygen atoms in total. The number of sulfonamides is 1. The van der Waals surface area contributed by atoms with Gasteiger partial charge in [0.25, 0.3) is 0 Å². The van der Waals surface area contributed by atoms with Crippen molar-refractivity contribution in [3.8, 4) is 0 Å². The smallest absolute Gasteiger partial charge is 0.244 e. The van der Waals surface area contributed by atoms with Crippen molar-refractivity contribution >= 4 is 26.0 Å². The number of benzene rings is 1. The molecule has 1 heterocycles. The largest absolute Gasteiger partial charge is 0.379 e. The highest BCUT2D eigenvalue weighted by molar-refractivity contribution is 9.10. The first-order chi connectivity index (χ1) is 9.27. The third-order valence-electron chi connectivity index (χ3n) is 3.19. The lowest BCUT2D eigenvalue weighted by atomic mass is 10.0. The van der Waals surface area contributed by atoms with Crippen LogP contribution in [0.5, 0.6) is 0 Å². The molecule has 0 saturated carbocycles. The summed E-state index contributed by atoms with van der Waals surface area (Å²) in [5.41, 5.74) is 4.86. The van der Waals surface area contributed by atoms with Crippen LogP contribution in [0.3, 0.4) is 0 Å². The van der Waals surface area contributed by atoms with Crippen LogP contribution in [0.15, 0.2) is 21.5 Å². The number of nitrogens with two attached hydrogens (primary N) is 1. The summed E-state index contributed by atoms with van der Waals surface area (Å²) in [4.78, 5) is -0.402. The fourth-order valence-electron chi connectivity index (χ4n) is 2.09. The molecule has 0 aromatic heterocycles. The average Bonchev–Trinajstić information content (AvgIpc) is 2.77. The van der Waals surface area contributed by atoms with Gasteiger partial charge >= 0.3 is 0 Å². The molecule has 0 amide bonds. The number of hydrogen-bond acceptors (Lipinski definition) is 4. The Morgan fingerprint density at radius 3 is 2.80 bits per heavy atom. The molecule has 1 aliphatic heterocycles. The van der Waals surface area contributed by atoms with Gasteiger partial charge in [0.15, 0.2) is 0 Å². The Labute approximate surface area is 125 Å². The van der Waals surface area contributed by atoms with Crippen molar-refractivity contribution < 1.29 is 17.5 Å². The second-order valence-corrected chi connectivity index (χ2v) is 7.62. The Kier molecular flexibility index (Phi) is 4.50. The molecule has 2 rings (SSSR count). The minimum atomic E-state index is -3.98. The van der Waals surface area contributed by atoms with E-state index in [2.05, 4.69) is 20.7 Å². The monoisotopic (exact) mass is 366 g/mol. The predicted octanol–water partition coefficient (Wildman–Crippen LogP) is 1.50. The molecular formula is C12H16BrFN2O3S. The lowest BCUT2D eigenvalue weighted by molar-refractivity contribution is 0.178. The van der Waals surface area contributed by atoms with Crippen molar-refractivity contribution in [2.75, 3.05) is 13.2 Å². The first-order valence-corrected chi connectivity index (χ1v) is 8.35. The van der Waals surface area contributed by atoms with E-state index in [0.717, 1.165) is 0 Å². The maximum absolute atomic E-state index is 14.2. The molecule has 0 aliphatic carbocycles. The second-order valence-electron chi connectivity index (χ2n) is 5.05.